The molecule has 0 bridgehead atoms. The van der Waals surface area contributed by atoms with Gasteiger partial charge in [-0.15, -0.1) is 11.3 Å². The molecule has 5 nitrogen and oxygen atoms in total. The van der Waals surface area contributed by atoms with Gasteiger partial charge in [0.05, 0.1) is 17.8 Å². The molecule has 2 rings (SSSR count). The van der Waals surface area contributed by atoms with Crippen LogP contribution in [0.4, 0.5) is 4.79 Å². The van der Waals surface area contributed by atoms with Crippen molar-refractivity contribution in [2.24, 2.45) is 5.92 Å². The molecule has 2 amide bonds. The summed E-state index contributed by atoms with van der Waals surface area (Å²) in [5.74, 6) is 0.245. The van der Waals surface area contributed by atoms with E-state index in [0.717, 1.165) is 16.3 Å². The van der Waals surface area contributed by atoms with Gasteiger partial charge in [0.2, 0.25) is 0 Å². The number of urea groups is 1. The number of pyridine rings is 1. The van der Waals surface area contributed by atoms with E-state index < -0.39 is 0 Å². The van der Waals surface area contributed by atoms with Crippen LogP contribution in [-0.2, 0) is 0 Å². The summed E-state index contributed by atoms with van der Waals surface area (Å²) in [6.45, 7) is 8.08. The molecule has 0 spiro atoms. The molecular formula is C16H22N4OS. The molecule has 0 aliphatic carbocycles. The Balaban J connectivity index is 2.05. The van der Waals surface area contributed by atoms with Crippen molar-refractivity contribution in [3.63, 3.8) is 0 Å². The zero-order valence-corrected chi connectivity index (χ0v) is 14.1. The maximum atomic E-state index is 12.3. The number of nitrogens with one attached hydrogen (secondary N) is 2. The lowest BCUT2D eigenvalue weighted by atomic mass is 9.97. The van der Waals surface area contributed by atoms with Gasteiger partial charge in [-0.3, -0.25) is 4.98 Å². The van der Waals surface area contributed by atoms with Crippen LogP contribution in [0.2, 0.25) is 0 Å². The minimum atomic E-state index is -0.202. The van der Waals surface area contributed by atoms with Crippen LogP contribution in [0.1, 0.15) is 49.1 Å². The topological polar surface area (TPSA) is 66.9 Å². The van der Waals surface area contributed by atoms with E-state index in [1.54, 1.807) is 12.4 Å². The number of thiazole rings is 1. The summed E-state index contributed by atoms with van der Waals surface area (Å²) >= 11 is 1.53. The Morgan fingerprint density at radius 3 is 2.55 bits per heavy atom. The molecule has 2 heterocycles. The third-order valence-electron chi connectivity index (χ3n) is 3.47. The fraction of sp³-hybridized carbons (Fsp3) is 0.438. The predicted octanol–water partition coefficient (Wildman–Crippen LogP) is 3.60. The number of nitrogens with zero attached hydrogens (tertiary/aromatic N) is 2. The molecule has 0 saturated heterocycles. The van der Waals surface area contributed by atoms with Gasteiger partial charge in [-0.1, -0.05) is 19.9 Å². The smallest absolute Gasteiger partial charge is 0.315 e. The van der Waals surface area contributed by atoms with Crippen molar-refractivity contribution in [3.8, 4) is 0 Å². The molecule has 6 heteroatoms. The molecule has 2 aromatic rings. The Morgan fingerprint density at radius 1 is 1.18 bits per heavy atom. The lowest BCUT2D eigenvalue weighted by Gasteiger charge is -2.24. The van der Waals surface area contributed by atoms with Gasteiger partial charge in [0, 0.05) is 17.8 Å². The Bertz CT molecular complexity index is 612. The Hall–Kier alpha value is -1.95. The lowest BCUT2D eigenvalue weighted by Crippen LogP contribution is -2.41. The fourth-order valence-electron chi connectivity index (χ4n) is 2.26. The van der Waals surface area contributed by atoms with Crippen LogP contribution in [-0.4, -0.2) is 16.0 Å². The average Bonchev–Trinajstić information content (AvgIpc) is 2.99. The molecule has 0 aliphatic heterocycles. The number of hydrogen-bond acceptors (Lipinski definition) is 4. The van der Waals surface area contributed by atoms with Gasteiger partial charge < -0.3 is 10.6 Å². The molecule has 22 heavy (non-hydrogen) atoms. The van der Waals surface area contributed by atoms with Gasteiger partial charge in [-0.2, -0.15) is 0 Å². The van der Waals surface area contributed by atoms with E-state index >= 15 is 0 Å². The Labute approximate surface area is 135 Å². The summed E-state index contributed by atoms with van der Waals surface area (Å²) < 4.78 is 0. The van der Waals surface area contributed by atoms with Gasteiger partial charge in [-0.25, -0.2) is 9.78 Å². The van der Waals surface area contributed by atoms with Crippen LogP contribution in [0.15, 0.2) is 29.9 Å². The van der Waals surface area contributed by atoms with Gasteiger partial charge in [0.15, 0.2) is 0 Å². The molecule has 2 atom stereocenters. The summed E-state index contributed by atoms with van der Waals surface area (Å²) in [6, 6.07) is 3.48. The molecule has 118 valence electrons. The molecule has 0 fully saturated rings. The Kier molecular flexibility index (Phi) is 5.49. The second-order valence-corrected chi connectivity index (χ2v) is 6.56. The van der Waals surface area contributed by atoms with Crippen LogP contribution in [0.25, 0.3) is 0 Å². The van der Waals surface area contributed by atoms with Crippen LogP contribution in [0.3, 0.4) is 0 Å². The molecule has 0 unspecified atom stereocenters. The van der Waals surface area contributed by atoms with E-state index in [2.05, 4.69) is 34.4 Å². The molecular weight excluding hydrogens is 296 g/mol. The van der Waals surface area contributed by atoms with Crippen molar-refractivity contribution in [1.29, 1.82) is 0 Å². The number of carbonyl (C=O) groups excluding carboxylic acids is 1. The average molecular weight is 318 g/mol. The number of carbonyl (C=O) groups is 1. The van der Waals surface area contributed by atoms with Crippen LogP contribution < -0.4 is 10.6 Å². The first-order valence-corrected chi connectivity index (χ1v) is 8.25. The highest BCUT2D eigenvalue weighted by molar-refractivity contribution is 7.09. The number of aryl methyl sites for hydroxylation is 1. The maximum Gasteiger partial charge on any atom is 0.315 e. The first-order valence-electron chi connectivity index (χ1n) is 7.37. The zero-order valence-electron chi connectivity index (χ0n) is 13.3. The van der Waals surface area contributed by atoms with Crippen LogP contribution in [0, 0.1) is 12.8 Å². The summed E-state index contributed by atoms with van der Waals surface area (Å²) in [5, 5.41) is 8.75. The first kappa shape index (κ1) is 16.4. The van der Waals surface area contributed by atoms with E-state index in [-0.39, 0.29) is 24.0 Å². The molecule has 0 saturated carbocycles. The van der Waals surface area contributed by atoms with E-state index in [4.69, 9.17) is 0 Å². The van der Waals surface area contributed by atoms with Gasteiger partial charge in [0.1, 0.15) is 5.01 Å². The van der Waals surface area contributed by atoms with Crippen molar-refractivity contribution in [2.45, 2.75) is 39.8 Å². The Morgan fingerprint density at radius 2 is 1.95 bits per heavy atom. The van der Waals surface area contributed by atoms with Crippen molar-refractivity contribution in [1.82, 2.24) is 20.6 Å². The number of aromatic nitrogens is 2. The SMILES string of the molecule is Cc1cccnc1[C@@H](NC(=O)N[C@H](C)c1nccs1)C(C)C. The third kappa shape index (κ3) is 4.04. The number of hydrogen-bond donors (Lipinski definition) is 2. The predicted molar refractivity (Wildman–Crippen MR) is 88.7 cm³/mol. The van der Waals surface area contributed by atoms with Crippen molar-refractivity contribution in [2.75, 3.05) is 0 Å². The minimum absolute atomic E-state index is 0.113. The highest BCUT2D eigenvalue weighted by atomic mass is 32.1. The maximum absolute atomic E-state index is 12.3. The van der Waals surface area contributed by atoms with Gasteiger partial charge in [0.25, 0.3) is 0 Å². The highest BCUT2D eigenvalue weighted by Crippen LogP contribution is 2.22. The number of amides is 2. The molecule has 2 N–H and O–H groups in total. The molecule has 0 radical (unpaired) electrons. The number of rotatable bonds is 5. The zero-order chi connectivity index (χ0) is 16.1. The third-order valence-corrected chi connectivity index (χ3v) is 4.43. The highest BCUT2D eigenvalue weighted by Gasteiger charge is 2.22. The summed E-state index contributed by atoms with van der Waals surface area (Å²) in [6.07, 6.45) is 3.50. The lowest BCUT2D eigenvalue weighted by molar-refractivity contribution is 0.229. The van der Waals surface area contributed by atoms with E-state index in [1.807, 2.05) is 31.4 Å². The quantitative estimate of drug-likeness (QED) is 0.885. The van der Waals surface area contributed by atoms with Gasteiger partial charge >= 0.3 is 6.03 Å². The summed E-state index contributed by atoms with van der Waals surface area (Å²) in [4.78, 5) is 20.9. The van der Waals surface area contributed by atoms with E-state index in [1.165, 1.54) is 11.3 Å². The van der Waals surface area contributed by atoms with Crippen molar-refractivity contribution >= 4 is 17.4 Å². The fourth-order valence-corrected chi connectivity index (χ4v) is 2.91. The first-order chi connectivity index (χ1) is 10.5. The second-order valence-electron chi connectivity index (χ2n) is 5.64. The standard InChI is InChI=1S/C16H22N4OS/c1-10(2)13(14-11(3)6-5-7-17-14)20-16(21)19-12(4)15-18-8-9-22-15/h5-10,12-13H,1-4H3,(H2,19,20,21)/t12-,13+/m1/s1. The van der Waals surface area contributed by atoms with Crippen LogP contribution in [0.5, 0.6) is 0 Å². The largest absolute Gasteiger partial charge is 0.330 e. The molecule has 0 aliphatic rings. The van der Waals surface area contributed by atoms with Crippen LogP contribution >= 0.6 is 11.3 Å². The summed E-state index contributed by atoms with van der Waals surface area (Å²) in [5.41, 5.74) is 1.99. The van der Waals surface area contributed by atoms with Crippen molar-refractivity contribution < 1.29 is 4.79 Å². The molecule has 2 aromatic heterocycles. The van der Waals surface area contributed by atoms with Crippen molar-refractivity contribution in [3.05, 3.63) is 46.2 Å². The molecule has 0 aromatic carbocycles. The van der Waals surface area contributed by atoms with E-state index in [9.17, 15) is 4.79 Å². The minimum Gasteiger partial charge on any atom is -0.330 e. The van der Waals surface area contributed by atoms with Gasteiger partial charge in [-0.05, 0) is 31.4 Å². The second kappa shape index (κ2) is 7.35. The summed E-state index contributed by atoms with van der Waals surface area (Å²) in [7, 11) is 0. The normalized spacial score (nSPS) is 13.7. The van der Waals surface area contributed by atoms with E-state index in [0.29, 0.717) is 0 Å². The monoisotopic (exact) mass is 318 g/mol.